The molecule has 0 unspecified atom stereocenters. The van der Waals surface area contributed by atoms with Gasteiger partial charge in [0.05, 0.1) is 13.0 Å². The van der Waals surface area contributed by atoms with Crippen molar-refractivity contribution >= 4 is 5.97 Å². The van der Waals surface area contributed by atoms with Gasteiger partial charge in [-0.2, -0.15) is 0 Å². The summed E-state index contributed by atoms with van der Waals surface area (Å²) in [6.45, 7) is 2.28. The van der Waals surface area contributed by atoms with Gasteiger partial charge in [-0.1, -0.05) is 42.5 Å². The lowest BCUT2D eigenvalue weighted by atomic mass is 9.99. The Balaban J connectivity index is 1.97. The van der Waals surface area contributed by atoms with Gasteiger partial charge in [0, 0.05) is 0 Å². The summed E-state index contributed by atoms with van der Waals surface area (Å²) < 4.78 is 5.04. The van der Waals surface area contributed by atoms with Gasteiger partial charge in [-0.3, -0.25) is 4.79 Å². The number of benzene rings is 2. The highest BCUT2D eigenvalue weighted by atomic mass is 16.5. The number of ether oxygens (including phenoxy) is 1. The van der Waals surface area contributed by atoms with Gasteiger partial charge in [-0.15, -0.1) is 0 Å². The molecule has 0 atom stereocenters. The number of fused-ring (bicyclic) bond motifs is 3. The zero-order chi connectivity index (χ0) is 13.2. The molecule has 0 bridgehead atoms. The van der Waals surface area contributed by atoms with Crippen LogP contribution in [0.3, 0.4) is 0 Å². The molecule has 2 aromatic carbocycles. The summed E-state index contributed by atoms with van der Waals surface area (Å²) in [7, 11) is 0. The quantitative estimate of drug-likeness (QED) is 0.668. The second-order valence-electron chi connectivity index (χ2n) is 4.76. The maximum atomic E-state index is 11.7. The lowest BCUT2D eigenvalue weighted by Crippen LogP contribution is -2.09. The first-order valence-electron chi connectivity index (χ1n) is 6.64. The van der Waals surface area contributed by atoms with Crippen LogP contribution in [-0.2, 0) is 22.4 Å². The Morgan fingerprint density at radius 2 is 1.89 bits per heavy atom. The zero-order valence-corrected chi connectivity index (χ0v) is 11.0. The van der Waals surface area contributed by atoms with Crippen LogP contribution in [0.2, 0.25) is 0 Å². The number of hydrogen-bond acceptors (Lipinski definition) is 2. The van der Waals surface area contributed by atoms with E-state index in [1.54, 1.807) is 0 Å². The number of carbonyl (C=O) groups is 1. The lowest BCUT2D eigenvalue weighted by molar-refractivity contribution is -0.142. The largest absolute Gasteiger partial charge is 0.466 e. The molecule has 2 heteroatoms. The second-order valence-corrected chi connectivity index (χ2v) is 4.76. The van der Waals surface area contributed by atoms with E-state index in [0.717, 1.165) is 12.0 Å². The first-order chi connectivity index (χ1) is 9.29. The molecule has 0 aromatic heterocycles. The summed E-state index contributed by atoms with van der Waals surface area (Å²) in [6, 6.07) is 14.6. The number of hydrogen-bond donors (Lipinski definition) is 0. The van der Waals surface area contributed by atoms with E-state index in [1.807, 2.05) is 19.1 Å². The van der Waals surface area contributed by atoms with E-state index in [9.17, 15) is 4.79 Å². The maximum absolute atomic E-state index is 11.7. The molecular weight excluding hydrogens is 236 g/mol. The van der Waals surface area contributed by atoms with E-state index >= 15 is 0 Å². The van der Waals surface area contributed by atoms with Gasteiger partial charge in [0.25, 0.3) is 0 Å². The molecule has 0 aliphatic heterocycles. The van der Waals surface area contributed by atoms with E-state index in [0.29, 0.717) is 13.0 Å². The average Bonchev–Trinajstić information content (AvgIpc) is 2.79. The van der Waals surface area contributed by atoms with Gasteiger partial charge in [0.1, 0.15) is 0 Å². The third-order valence-corrected chi connectivity index (χ3v) is 3.59. The highest BCUT2D eigenvalue weighted by molar-refractivity contribution is 5.80. The van der Waals surface area contributed by atoms with E-state index in [4.69, 9.17) is 4.74 Å². The van der Waals surface area contributed by atoms with Crippen molar-refractivity contribution in [2.24, 2.45) is 0 Å². The van der Waals surface area contributed by atoms with Crippen molar-refractivity contribution < 1.29 is 9.53 Å². The van der Waals surface area contributed by atoms with Crippen molar-refractivity contribution in [3.8, 4) is 11.1 Å². The van der Waals surface area contributed by atoms with Crippen LogP contribution < -0.4 is 0 Å². The SMILES string of the molecule is CCOC(=O)Cc1cccc2c1Cc1ccccc1-2. The van der Waals surface area contributed by atoms with E-state index < -0.39 is 0 Å². The van der Waals surface area contributed by atoms with Crippen molar-refractivity contribution in [1.29, 1.82) is 0 Å². The highest BCUT2D eigenvalue weighted by Crippen LogP contribution is 2.38. The van der Waals surface area contributed by atoms with E-state index in [2.05, 4.69) is 30.3 Å². The molecule has 2 nitrogen and oxygen atoms in total. The fourth-order valence-corrected chi connectivity index (χ4v) is 2.76. The van der Waals surface area contributed by atoms with Crippen LogP contribution >= 0.6 is 0 Å². The predicted octanol–water partition coefficient (Wildman–Crippen LogP) is 3.36. The highest BCUT2D eigenvalue weighted by Gasteiger charge is 2.21. The van der Waals surface area contributed by atoms with Crippen LogP contribution in [-0.4, -0.2) is 12.6 Å². The molecule has 3 rings (SSSR count). The number of esters is 1. The molecule has 19 heavy (non-hydrogen) atoms. The Labute approximate surface area is 113 Å². The van der Waals surface area contributed by atoms with Crippen molar-refractivity contribution in [3.05, 3.63) is 59.2 Å². The summed E-state index contributed by atoms with van der Waals surface area (Å²) in [5.74, 6) is -0.146. The Bertz CT molecular complexity index is 629. The van der Waals surface area contributed by atoms with E-state index in [-0.39, 0.29) is 5.97 Å². The summed E-state index contributed by atoms with van der Waals surface area (Å²) >= 11 is 0. The van der Waals surface area contributed by atoms with Crippen LogP contribution in [0, 0.1) is 0 Å². The standard InChI is InChI=1S/C17H16O2/c1-2-19-17(18)11-13-7-5-9-15-14-8-4-3-6-12(14)10-16(13)15/h3-9H,2,10-11H2,1H3. The van der Waals surface area contributed by atoms with Gasteiger partial charge in [0.15, 0.2) is 0 Å². The van der Waals surface area contributed by atoms with Gasteiger partial charge in [-0.25, -0.2) is 0 Å². The van der Waals surface area contributed by atoms with Gasteiger partial charge in [0.2, 0.25) is 0 Å². The molecule has 0 fully saturated rings. The van der Waals surface area contributed by atoms with Gasteiger partial charge < -0.3 is 4.74 Å². The minimum atomic E-state index is -0.146. The molecule has 0 spiro atoms. The van der Waals surface area contributed by atoms with Gasteiger partial charge >= 0.3 is 5.97 Å². The molecule has 0 N–H and O–H groups in total. The summed E-state index contributed by atoms with van der Waals surface area (Å²) in [6.07, 6.45) is 1.28. The third kappa shape index (κ3) is 2.14. The molecule has 96 valence electrons. The normalized spacial score (nSPS) is 11.8. The molecular formula is C17H16O2. The molecule has 1 aliphatic carbocycles. The van der Waals surface area contributed by atoms with Crippen molar-refractivity contribution in [2.45, 2.75) is 19.8 Å². The maximum Gasteiger partial charge on any atom is 0.310 e. The second kappa shape index (κ2) is 4.88. The number of rotatable bonds is 3. The van der Waals surface area contributed by atoms with Crippen molar-refractivity contribution in [2.75, 3.05) is 6.61 Å². The average molecular weight is 252 g/mol. The number of carbonyl (C=O) groups excluding carboxylic acids is 1. The minimum absolute atomic E-state index is 0.146. The minimum Gasteiger partial charge on any atom is -0.466 e. The van der Waals surface area contributed by atoms with E-state index in [1.165, 1.54) is 22.3 Å². The molecule has 1 aliphatic rings. The third-order valence-electron chi connectivity index (χ3n) is 3.59. The van der Waals surface area contributed by atoms with Crippen LogP contribution in [0.1, 0.15) is 23.6 Å². The summed E-state index contributed by atoms with van der Waals surface area (Å²) in [4.78, 5) is 11.7. The molecule has 0 saturated carbocycles. The lowest BCUT2D eigenvalue weighted by Gasteiger charge is -2.08. The molecule has 0 radical (unpaired) electrons. The Kier molecular flexibility index (Phi) is 3.08. The van der Waals surface area contributed by atoms with Crippen LogP contribution in [0.5, 0.6) is 0 Å². The molecule has 0 saturated heterocycles. The zero-order valence-electron chi connectivity index (χ0n) is 11.0. The molecule has 0 amide bonds. The first-order valence-corrected chi connectivity index (χ1v) is 6.64. The van der Waals surface area contributed by atoms with Crippen molar-refractivity contribution in [3.63, 3.8) is 0 Å². The summed E-state index contributed by atoms with van der Waals surface area (Å²) in [5.41, 5.74) is 6.26. The van der Waals surface area contributed by atoms with Crippen LogP contribution in [0.15, 0.2) is 42.5 Å². The molecule has 2 aromatic rings. The Morgan fingerprint density at radius 1 is 1.11 bits per heavy atom. The van der Waals surface area contributed by atoms with Crippen LogP contribution in [0.25, 0.3) is 11.1 Å². The molecule has 0 heterocycles. The van der Waals surface area contributed by atoms with Gasteiger partial charge in [-0.05, 0) is 41.2 Å². The predicted molar refractivity (Wildman–Crippen MR) is 75.0 cm³/mol. The Hall–Kier alpha value is -2.09. The topological polar surface area (TPSA) is 26.3 Å². The smallest absolute Gasteiger partial charge is 0.310 e. The van der Waals surface area contributed by atoms with Crippen molar-refractivity contribution in [1.82, 2.24) is 0 Å². The Morgan fingerprint density at radius 3 is 2.74 bits per heavy atom. The van der Waals surface area contributed by atoms with Crippen LogP contribution in [0.4, 0.5) is 0 Å². The fraction of sp³-hybridized carbons (Fsp3) is 0.235. The first kappa shape index (κ1) is 12.0. The fourth-order valence-electron chi connectivity index (χ4n) is 2.76. The summed E-state index contributed by atoms with van der Waals surface area (Å²) in [5, 5.41) is 0. The monoisotopic (exact) mass is 252 g/mol.